The number of halogens is 2. The molecule has 1 aliphatic carbocycles. The summed E-state index contributed by atoms with van der Waals surface area (Å²) < 4.78 is 7.81. The Hall–Kier alpha value is -0.0600. The maximum Gasteiger partial charge on any atom is 0.133 e. The molecule has 1 fully saturated rings. The second-order valence-corrected chi connectivity index (χ2v) is 6.48. The van der Waals surface area contributed by atoms with Crippen LogP contribution in [0.15, 0.2) is 27.1 Å². The molecule has 0 aliphatic heterocycles. The Balaban J connectivity index is 1.53. The lowest BCUT2D eigenvalue weighted by Gasteiger charge is -2.08. The molecule has 1 aromatic rings. The zero-order valence-electron chi connectivity index (χ0n) is 10.4. The van der Waals surface area contributed by atoms with Crippen molar-refractivity contribution in [3.05, 3.63) is 27.1 Å². The van der Waals surface area contributed by atoms with Gasteiger partial charge < -0.3 is 10.1 Å². The molecule has 2 nitrogen and oxygen atoms in total. The quantitative estimate of drug-likeness (QED) is 0.673. The molecular weight excluding hydrogens is 358 g/mol. The number of unbranched alkanes of at least 4 members (excludes halogenated alkanes) is 2. The Labute approximate surface area is 126 Å². The lowest BCUT2D eigenvalue weighted by Crippen LogP contribution is -2.17. The average Bonchev–Trinajstić information content (AvgIpc) is 3.14. The van der Waals surface area contributed by atoms with Gasteiger partial charge in [0, 0.05) is 10.5 Å². The van der Waals surface area contributed by atoms with Crippen LogP contribution in [0, 0.1) is 0 Å². The minimum Gasteiger partial charge on any atom is -0.492 e. The van der Waals surface area contributed by atoms with E-state index in [1.807, 2.05) is 18.2 Å². The Morgan fingerprint density at radius 2 is 2.00 bits per heavy atom. The number of hydrogen-bond donors (Lipinski definition) is 1. The van der Waals surface area contributed by atoms with Gasteiger partial charge in [-0.05, 0) is 72.8 Å². The van der Waals surface area contributed by atoms with E-state index >= 15 is 0 Å². The van der Waals surface area contributed by atoms with Crippen LogP contribution >= 0.6 is 31.9 Å². The normalized spacial score (nSPS) is 14.8. The van der Waals surface area contributed by atoms with Crippen LogP contribution in [-0.4, -0.2) is 19.2 Å². The largest absolute Gasteiger partial charge is 0.492 e. The predicted octanol–water partition coefficient (Wildman–Crippen LogP) is 4.51. The van der Waals surface area contributed by atoms with Crippen molar-refractivity contribution in [3.8, 4) is 5.75 Å². The molecule has 1 aromatic carbocycles. The van der Waals surface area contributed by atoms with E-state index in [1.165, 1.54) is 25.7 Å². The summed E-state index contributed by atoms with van der Waals surface area (Å²) in [6.45, 7) is 1.95. The highest BCUT2D eigenvalue weighted by Crippen LogP contribution is 2.28. The minimum atomic E-state index is 0.795. The summed E-state index contributed by atoms with van der Waals surface area (Å²) in [5.74, 6) is 0.925. The lowest BCUT2D eigenvalue weighted by molar-refractivity contribution is 0.303. The predicted molar refractivity (Wildman–Crippen MR) is 82.2 cm³/mol. The van der Waals surface area contributed by atoms with Crippen molar-refractivity contribution in [2.75, 3.05) is 13.2 Å². The molecule has 100 valence electrons. The fourth-order valence-electron chi connectivity index (χ4n) is 1.77. The molecule has 1 N–H and O–H groups in total. The van der Waals surface area contributed by atoms with E-state index < -0.39 is 0 Å². The van der Waals surface area contributed by atoms with E-state index in [0.29, 0.717) is 0 Å². The van der Waals surface area contributed by atoms with Crippen molar-refractivity contribution in [1.82, 2.24) is 5.32 Å². The van der Waals surface area contributed by atoms with Crippen LogP contribution in [0.2, 0.25) is 0 Å². The second-order valence-electron chi connectivity index (χ2n) is 4.71. The summed E-state index contributed by atoms with van der Waals surface area (Å²) in [6, 6.07) is 6.83. The van der Waals surface area contributed by atoms with Gasteiger partial charge in [0.25, 0.3) is 0 Å². The van der Waals surface area contributed by atoms with Gasteiger partial charge in [-0.25, -0.2) is 0 Å². The zero-order valence-corrected chi connectivity index (χ0v) is 13.6. The summed E-state index contributed by atoms with van der Waals surface area (Å²) in [7, 11) is 0. The Morgan fingerprint density at radius 3 is 2.72 bits per heavy atom. The molecule has 0 heterocycles. The lowest BCUT2D eigenvalue weighted by atomic mass is 10.2. The third-order valence-electron chi connectivity index (χ3n) is 2.98. The van der Waals surface area contributed by atoms with Gasteiger partial charge in [0.05, 0.1) is 11.1 Å². The van der Waals surface area contributed by atoms with E-state index in [0.717, 1.165) is 40.3 Å². The Morgan fingerprint density at radius 1 is 1.17 bits per heavy atom. The van der Waals surface area contributed by atoms with E-state index in [4.69, 9.17) is 4.74 Å². The van der Waals surface area contributed by atoms with Crippen LogP contribution in [0.3, 0.4) is 0 Å². The molecule has 1 saturated carbocycles. The molecule has 0 amide bonds. The molecule has 0 radical (unpaired) electrons. The first-order chi connectivity index (χ1) is 8.75. The molecule has 18 heavy (non-hydrogen) atoms. The smallest absolute Gasteiger partial charge is 0.133 e. The van der Waals surface area contributed by atoms with Crippen molar-refractivity contribution >= 4 is 31.9 Å². The standard InChI is InChI=1S/C14H19Br2NO/c15-11-4-7-14(13(16)10-11)18-9-3-1-2-8-17-12-5-6-12/h4,7,10,12,17H,1-3,5-6,8-9H2. The molecule has 0 unspecified atom stereocenters. The van der Waals surface area contributed by atoms with Crippen LogP contribution < -0.4 is 10.1 Å². The topological polar surface area (TPSA) is 21.3 Å². The maximum absolute atomic E-state index is 5.74. The summed E-state index contributed by atoms with van der Waals surface area (Å²) in [4.78, 5) is 0. The van der Waals surface area contributed by atoms with Gasteiger partial charge in [-0.1, -0.05) is 15.9 Å². The third-order valence-corrected chi connectivity index (χ3v) is 4.10. The van der Waals surface area contributed by atoms with E-state index in [2.05, 4.69) is 37.2 Å². The van der Waals surface area contributed by atoms with Gasteiger partial charge >= 0.3 is 0 Å². The van der Waals surface area contributed by atoms with Crippen LogP contribution in [0.4, 0.5) is 0 Å². The highest BCUT2D eigenvalue weighted by Gasteiger charge is 2.19. The molecule has 0 bridgehead atoms. The van der Waals surface area contributed by atoms with Gasteiger partial charge in [0.1, 0.15) is 5.75 Å². The monoisotopic (exact) mass is 375 g/mol. The van der Waals surface area contributed by atoms with Gasteiger partial charge in [0.2, 0.25) is 0 Å². The van der Waals surface area contributed by atoms with Crippen molar-refractivity contribution in [3.63, 3.8) is 0 Å². The zero-order chi connectivity index (χ0) is 12.8. The highest BCUT2D eigenvalue weighted by atomic mass is 79.9. The number of rotatable bonds is 8. The van der Waals surface area contributed by atoms with Gasteiger partial charge in [-0.3, -0.25) is 0 Å². The van der Waals surface area contributed by atoms with E-state index in [-0.39, 0.29) is 0 Å². The van der Waals surface area contributed by atoms with Crippen molar-refractivity contribution < 1.29 is 4.74 Å². The van der Waals surface area contributed by atoms with Crippen LogP contribution in [0.1, 0.15) is 32.1 Å². The van der Waals surface area contributed by atoms with Crippen molar-refractivity contribution in [2.45, 2.75) is 38.1 Å². The number of benzene rings is 1. The first kappa shape index (κ1) is 14.4. The van der Waals surface area contributed by atoms with Crippen molar-refractivity contribution in [1.29, 1.82) is 0 Å². The summed E-state index contributed by atoms with van der Waals surface area (Å²) >= 11 is 6.93. The highest BCUT2D eigenvalue weighted by molar-refractivity contribution is 9.11. The first-order valence-electron chi connectivity index (χ1n) is 6.57. The molecule has 4 heteroatoms. The van der Waals surface area contributed by atoms with E-state index in [9.17, 15) is 0 Å². The molecule has 1 aliphatic rings. The first-order valence-corrected chi connectivity index (χ1v) is 8.15. The van der Waals surface area contributed by atoms with Crippen LogP contribution in [0.25, 0.3) is 0 Å². The van der Waals surface area contributed by atoms with Crippen LogP contribution in [-0.2, 0) is 0 Å². The summed E-state index contributed by atoms with van der Waals surface area (Å²) in [5.41, 5.74) is 0. The van der Waals surface area contributed by atoms with Gasteiger partial charge in [0.15, 0.2) is 0 Å². The molecule has 0 aromatic heterocycles. The molecule has 2 rings (SSSR count). The molecular formula is C14H19Br2NO. The Kier molecular flexibility index (Phi) is 5.99. The van der Waals surface area contributed by atoms with Gasteiger partial charge in [-0.2, -0.15) is 0 Å². The fraction of sp³-hybridized carbons (Fsp3) is 0.571. The van der Waals surface area contributed by atoms with Crippen molar-refractivity contribution in [2.24, 2.45) is 0 Å². The average molecular weight is 377 g/mol. The second kappa shape index (κ2) is 7.51. The molecule has 0 saturated heterocycles. The molecule has 0 spiro atoms. The third kappa shape index (κ3) is 5.29. The van der Waals surface area contributed by atoms with Crippen LogP contribution in [0.5, 0.6) is 5.75 Å². The van der Waals surface area contributed by atoms with E-state index in [1.54, 1.807) is 0 Å². The van der Waals surface area contributed by atoms with Gasteiger partial charge in [-0.15, -0.1) is 0 Å². The Bertz CT molecular complexity index is 380. The fourth-order valence-corrected chi connectivity index (χ4v) is 2.93. The number of hydrogen-bond acceptors (Lipinski definition) is 2. The molecule has 0 atom stereocenters. The maximum atomic E-state index is 5.74. The minimum absolute atomic E-state index is 0.795. The summed E-state index contributed by atoms with van der Waals surface area (Å²) in [6.07, 6.45) is 6.35. The SMILES string of the molecule is Brc1ccc(OCCCCCNC2CC2)c(Br)c1. The number of nitrogens with one attached hydrogen (secondary N) is 1. The number of ether oxygens (including phenoxy) is 1. The summed E-state index contributed by atoms with van der Waals surface area (Å²) in [5, 5.41) is 3.53.